The molecule has 1 aliphatic rings. The van der Waals surface area contributed by atoms with Gasteiger partial charge in [-0.25, -0.2) is 0 Å². The van der Waals surface area contributed by atoms with E-state index in [0.717, 1.165) is 37.5 Å². The Labute approximate surface area is 129 Å². The molecule has 1 aromatic carbocycles. The minimum atomic E-state index is 0.249. The molecule has 2 atom stereocenters. The van der Waals surface area contributed by atoms with Crippen molar-refractivity contribution in [2.45, 2.75) is 64.5 Å². The van der Waals surface area contributed by atoms with Crippen LogP contribution >= 0.6 is 0 Å². The molecule has 2 rings (SSSR count). The second-order valence-electron chi connectivity index (χ2n) is 5.75. The van der Waals surface area contributed by atoms with Crippen molar-refractivity contribution >= 4 is 0 Å². The molecule has 118 valence electrons. The third-order valence-electron chi connectivity index (χ3n) is 4.01. The van der Waals surface area contributed by atoms with Crippen LogP contribution in [0.1, 0.15) is 52.4 Å². The van der Waals surface area contributed by atoms with E-state index >= 15 is 0 Å². The summed E-state index contributed by atoms with van der Waals surface area (Å²) < 4.78 is 12.2. The maximum atomic E-state index is 6.34. The average molecular weight is 291 g/mol. The molecule has 0 heterocycles. The average Bonchev–Trinajstić information content (AvgIpc) is 2.73. The standard InChI is InChI=1S/C18H29NO2/c1-3-14-20-17-12-8-9-13-18(17)21-16-11-7-5-6-10-15(16)19-4-2/h8-9,12-13,15-16,19H,3-7,10-11,14H2,1-2H3. The van der Waals surface area contributed by atoms with E-state index in [-0.39, 0.29) is 6.10 Å². The number of benzene rings is 1. The predicted octanol–water partition coefficient (Wildman–Crippen LogP) is 4.17. The Balaban J connectivity index is 2.06. The molecule has 0 radical (unpaired) electrons. The van der Waals surface area contributed by atoms with Crippen molar-refractivity contribution in [2.75, 3.05) is 13.2 Å². The van der Waals surface area contributed by atoms with E-state index < -0.39 is 0 Å². The summed E-state index contributed by atoms with van der Waals surface area (Å²) in [6, 6.07) is 8.51. The zero-order chi connectivity index (χ0) is 14.9. The Morgan fingerprint density at radius 2 is 1.81 bits per heavy atom. The fourth-order valence-electron chi connectivity index (χ4n) is 2.95. The molecule has 0 amide bonds. The van der Waals surface area contributed by atoms with Crippen molar-refractivity contribution in [3.05, 3.63) is 24.3 Å². The topological polar surface area (TPSA) is 30.5 Å². The van der Waals surface area contributed by atoms with Crippen LogP contribution < -0.4 is 14.8 Å². The first-order valence-corrected chi connectivity index (χ1v) is 8.47. The summed E-state index contributed by atoms with van der Waals surface area (Å²) in [7, 11) is 0. The van der Waals surface area contributed by atoms with E-state index in [9.17, 15) is 0 Å². The van der Waals surface area contributed by atoms with Gasteiger partial charge in [0.25, 0.3) is 0 Å². The first kappa shape index (κ1) is 16.2. The van der Waals surface area contributed by atoms with Crippen LogP contribution in [0.15, 0.2) is 24.3 Å². The quantitative estimate of drug-likeness (QED) is 0.765. The lowest BCUT2D eigenvalue weighted by atomic mass is 10.1. The molecule has 3 nitrogen and oxygen atoms in total. The molecule has 2 unspecified atom stereocenters. The highest BCUT2D eigenvalue weighted by molar-refractivity contribution is 5.39. The van der Waals surface area contributed by atoms with Crippen LogP contribution in [-0.4, -0.2) is 25.3 Å². The number of hydrogen-bond donors (Lipinski definition) is 1. The molecule has 0 saturated heterocycles. The molecule has 1 aliphatic carbocycles. The Kier molecular flexibility index (Phi) is 6.87. The van der Waals surface area contributed by atoms with Gasteiger partial charge in [0.1, 0.15) is 6.10 Å². The summed E-state index contributed by atoms with van der Waals surface area (Å²) in [6.45, 7) is 6.02. The van der Waals surface area contributed by atoms with E-state index in [1.54, 1.807) is 0 Å². The molecule has 1 fully saturated rings. The van der Waals surface area contributed by atoms with Gasteiger partial charge in [0, 0.05) is 6.04 Å². The van der Waals surface area contributed by atoms with Crippen LogP contribution in [0.2, 0.25) is 0 Å². The molecular weight excluding hydrogens is 262 g/mol. The Morgan fingerprint density at radius 1 is 1.05 bits per heavy atom. The predicted molar refractivity (Wildman–Crippen MR) is 87.2 cm³/mol. The fourth-order valence-corrected chi connectivity index (χ4v) is 2.95. The van der Waals surface area contributed by atoms with Gasteiger partial charge in [-0.2, -0.15) is 0 Å². The summed E-state index contributed by atoms with van der Waals surface area (Å²) in [5.41, 5.74) is 0. The first-order chi connectivity index (χ1) is 10.3. The summed E-state index contributed by atoms with van der Waals surface area (Å²) in [4.78, 5) is 0. The van der Waals surface area contributed by atoms with Gasteiger partial charge in [0.05, 0.1) is 6.61 Å². The van der Waals surface area contributed by atoms with Crippen molar-refractivity contribution in [1.82, 2.24) is 5.32 Å². The van der Waals surface area contributed by atoms with Gasteiger partial charge in [0.2, 0.25) is 0 Å². The molecule has 1 N–H and O–H groups in total. The lowest BCUT2D eigenvalue weighted by Crippen LogP contribution is -2.42. The normalized spacial score (nSPS) is 22.6. The Hall–Kier alpha value is -1.22. The van der Waals surface area contributed by atoms with E-state index in [2.05, 4.69) is 19.2 Å². The van der Waals surface area contributed by atoms with E-state index in [1.807, 2.05) is 24.3 Å². The van der Waals surface area contributed by atoms with Gasteiger partial charge < -0.3 is 14.8 Å². The van der Waals surface area contributed by atoms with Gasteiger partial charge in [-0.05, 0) is 44.4 Å². The molecule has 0 spiro atoms. The highest BCUT2D eigenvalue weighted by Crippen LogP contribution is 2.30. The number of rotatable bonds is 7. The second-order valence-corrected chi connectivity index (χ2v) is 5.75. The number of hydrogen-bond acceptors (Lipinski definition) is 3. The minimum Gasteiger partial charge on any atom is -0.490 e. The van der Waals surface area contributed by atoms with E-state index in [0.29, 0.717) is 6.04 Å². The van der Waals surface area contributed by atoms with Crippen molar-refractivity contribution in [3.8, 4) is 11.5 Å². The highest BCUT2D eigenvalue weighted by atomic mass is 16.5. The third kappa shape index (κ3) is 4.92. The van der Waals surface area contributed by atoms with E-state index in [4.69, 9.17) is 9.47 Å². The summed E-state index contributed by atoms with van der Waals surface area (Å²) >= 11 is 0. The molecule has 3 heteroatoms. The zero-order valence-electron chi connectivity index (χ0n) is 13.4. The van der Waals surface area contributed by atoms with Crippen LogP contribution in [-0.2, 0) is 0 Å². The smallest absolute Gasteiger partial charge is 0.161 e. The first-order valence-electron chi connectivity index (χ1n) is 8.47. The van der Waals surface area contributed by atoms with Crippen LogP contribution in [0.3, 0.4) is 0 Å². The fraction of sp³-hybridized carbons (Fsp3) is 0.667. The lowest BCUT2D eigenvalue weighted by Gasteiger charge is -2.27. The van der Waals surface area contributed by atoms with Crippen molar-refractivity contribution in [1.29, 1.82) is 0 Å². The third-order valence-corrected chi connectivity index (χ3v) is 4.01. The van der Waals surface area contributed by atoms with Gasteiger partial charge in [-0.3, -0.25) is 0 Å². The molecule has 0 aliphatic heterocycles. The highest BCUT2D eigenvalue weighted by Gasteiger charge is 2.25. The monoisotopic (exact) mass is 291 g/mol. The molecule has 0 bridgehead atoms. The molecule has 1 saturated carbocycles. The van der Waals surface area contributed by atoms with E-state index in [1.165, 1.54) is 25.7 Å². The SMILES string of the molecule is CCCOc1ccccc1OC1CCCCCC1NCC. The Bertz CT molecular complexity index is 408. The summed E-state index contributed by atoms with van der Waals surface area (Å²) in [5, 5.41) is 3.59. The number of ether oxygens (including phenoxy) is 2. The van der Waals surface area contributed by atoms with Crippen molar-refractivity contribution < 1.29 is 9.47 Å². The molecule has 1 aromatic rings. The van der Waals surface area contributed by atoms with Gasteiger partial charge in [-0.15, -0.1) is 0 Å². The van der Waals surface area contributed by atoms with Crippen LogP contribution in [0.4, 0.5) is 0 Å². The maximum absolute atomic E-state index is 6.34. The minimum absolute atomic E-state index is 0.249. The zero-order valence-corrected chi connectivity index (χ0v) is 13.4. The van der Waals surface area contributed by atoms with Crippen molar-refractivity contribution in [3.63, 3.8) is 0 Å². The number of para-hydroxylation sites is 2. The van der Waals surface area contributed by atoms with Crippen LogP contribution in [0, 0.1) is 0 Å². The molecule has 0 aromatic heterocycles. The van der Waals surface area contributed by atoms with Crippen LogP contribution in [0.25, 0.3) is 0 Å². The van der Waals surface area contributed by atoms with Crippen LogP contribution in [0.5, 0.6) is 11.5 Å². The molecular formula is C18H29NO2. The van der Waals surface area contributed by atoms with Gasteiger partial charge in [-0.1, -0.05) is 38.8 Å². The Morgan fingerprint density at radius 3 is 2.57 bits per heavy atom. The summed E-state index contributed by atoms with van der Waals surface area (Å²) in [5.74, 6) is 1.76. The number of nitrogens with one attached hydrogen (secondary N) is 1. The maximum Gasteiger partial charge on any atom is 0.161 e. The summed E-state index contributed by atoms with van der Waals surface area (Å²) in [6.07, 6.45) is 7.46. The number of likely N-dealkylation sites (N-methyl/N-ethyl adjacent to an activating group) is 1. The van der Waals surface area contributed by atoms with Gasteiger partial charge >= 0.3 is 0 Å². The largest absolute Gasteiger partial charge is 0.490 e. The lowest BCUT2D eigenvalue weighted by molar-refractivity contribution is 0.138. The van der Waals surface area contributed by atoms with Gasteiger partial charge in [0.15, 0.2) is 11.5 Å². The second kappa shape index (κ2) is 8.93. The molecule has 21 heavy (non-hydrogen) atoms. The van der Waals surface area contributed by atoms with Crippen molar-refractivity contribution in [2.24, 2.45) is 0 Å².